The highest BCUT2D eigenvalue weighted by molar-refractivity contribution is 7.88. The lowest BCUT2D eigenvalue weighted by molar-refractivity contribution is -0.122. The van der Waals surface area contributed by atoms with Gasteiger partial charge >= 0.3 is 0 Å². The second-order valence-corrected chi connectivity index (χ2v) is 5.22. The molecule has 13 heavy (non-hydrogen) atoms. The average molecular weight is 206 g/mol. The largest absolute Gasteiger partial charge is 0.368 e. The molecule has 0 radical (unpaired) electrons. The molecule has 76 valence electrons. The zero-order chi connectivity index (χ0) is 10.1. The van der Waals surface area contributed by atoms with Gasteiger partial charge in [0.05, 0.1) is 6.26 Å². The molecule has 1 fully saturated rings. The molecule has 1 unspecified atom stereocenters. The van der Waals surface area contributed by atoms with Crippen LogP contribution in [0.15, 0.2) is 0 Å². The van der Waals surface area contributed by atoms with Crippen molar-refractivity contribution in [2.75, 3.05) is 12.8 Å². The van der Waals surface area contributed by atoms with Crippen LogP contribution in [0.5, 0.6) is 0 Å². The van der Waals surface area contributed by atoms with E-state index in [2.05, 4.69) is 0 Å². The minimum atomic E-state index is -3.29. The van der Waals surface area contributed by atoms with Gasteiger partial charge in [-0.05, 0) is 12.8 Å². The highest BCUT2D eigenvalue weighted by Crippen LogP contribution is 2.19. The fourth-order valence-electron chi connectivity index (χ4n) is 1.59. The van der Waals surface area contributed by atoms with E-state index in [9.17, 15) is 13.2 Å². The molecule has 0 bridgehead atoms. The quantitative estimate of drug-likeness (QED) is 0.647. The summed E-state index contributed by atoms with van der Waals surface area (Å²) in [6, 6.07) is -0.635. The molecule has 0 saturated carbocycles. The van der Waals surface area contributed by atoms with Crippen LogP contribution < -0.4 is 5.73 Å². The molecule has 1 heterocycles. The van der Waals surface area contributed by atoms with Gasteiger partial charge in [0.15, 0.2) is 0 Å². The minimum Gasteiger partial charge on any atom is -0.368 e. The van der Waals surface area contributed by atoms with Gasteiger partial charge in [-0.2, -0.15) is 4.31 Å². The maximum atomic E-state index is 11.2. The van der Waals surface area contributed by atoms with Gasteiger partial charge in [0.1, 0.15) is 6.04 Å². The number of primary amides is 1. The first kappa shape index (κ1) is 10.5. The Morgan fingerprint density at radius 3 is 2.46 bits per heavy atom. The zero-order valence-corrected chi connectivity index (χ0v) is 8.38. The first-order valence-electron chi connectivity index (χ1n) is 4.19. The van der Waals surface area contributed by atoms with Crippen molar-refractivity contribution in [2.24, 2.45) is 5.73 Å². The number of piperidine rings is 1. The third-order valence-corrected chi connectivity index (χ3v) is 3.50. The first-order chi connectivity index (χ1) is 5.93. The van der Waals surface area contributed by atoms with E-state index in [1.165, 1.54) is 4.31 Å². The molecule has 2 N–H and O–H groups in total. The van der Waals surface area contributed by atoms with Gasteiger partial charge in [-0.15, -0.1) is 0 Å². The van der Waals surface area contributed by atoms with E-state index in [1.54, 1.807) is 0 Å². The van der Waals surface area contributed by atoms with Crippen molar-refractivity contribution < 1.29 is 13.2 Å². The number of amides is 1. The Morgan fingerprint density at radius 2 is 2.08 bits per heavy atom. The molecule has 1 saturated heterocycles. The number of rotatable bonds is 2. The van der Waals surface area contributed by atoms with Crippen molar-refractivity contribution in [1.29, 1.82) is 0 Å². The first-order valence-corrected chi connectivity index (χ1v) is 6.04. The van der Waals surface area contributed by atoms with Crippen LogP contribution in [-0.2, 0) is 14.8 Å². The molecule has 1 aliphatic rings. The van der Waals surface area contributed by atoms with Gasteiger partial charge in [0.25, 0.3) is 0 Å². The molecule has 0 spiro atoms. The summed E-state index contributed by atoms with van der Waals surface area (Å²) >= 11 is 0. The molecule has 1 aliphatic heterocycles. The van der Waals surface area contributed by atoms with E-state index in [-0.39, 0.29) is 0 Å². The maximum absolute atomic E-state index is 11.2. The summed E-state index contributed by atoms with van der Waals surface area (Å²) < 4.78 is 23.6. The van der Waals surface area contributed by atoms with Crippen molar-refractivity contribution in [3.05, 3.63) is 0 Å². The molecule has 5 nitrogen and oxygen atoms in total. The second kappa shape index (κ2) is 3.63. The van der Waals surface area contributed by atoms with Crippen molar-refractivity contribution >= 4 is 15.9 Å². The Morgan fingerprint density at radius 1 is 1.46 bits per heavy atom. The highest BCUT2D eigenvalue weighted by atomic mass is 32.2. The summed E-state index contributed by atoms with van der Waals surface area (Å²) in [6.07, 6.45) is 3.31. The van der Waals surface area contributed by atoms with Crippen LogP contribution in [0.4, 0.5) is 0 Å². The fraction of sp³-hybridized carbons (Fsp3) is 0.857. The summed E-state index contributed by atoms with van der Waals surface area (Å²) in [5.41, 5.74) is 5.11. The predicted octanol–water partition coefficient (Wildman–Crippen LogP) is -0.714. The van der Waals surface area contributed by atoms with Crippen molar-refractivity contribution in [3.63, 3.8) is 0 Å². The van der Waals surface area contributed by atoms with Gasteiger partial charge < -0.3 is 5.73 Å². The number of carbonyl (C=O) groups is 1. The molecule has 1 rings (SSSR count). The topological polar surface area (TPSA) is 80.5 Å². The van der Waals surface area contributed by atoms with Crippen LogP contribution in [0.1, 0.15) is 19.3 Å². The van der Waals surface area contributed by atoms with Crippen molar-refractivity contribution in [2.45, 2.75) is 25.3 Å². The number of nitrogens with zero attached hydrogens (tertiary/aromatic N) is 1. The number of sulfonamides is 1. The minimum absolute atomic E-state index is 0.409. The van der Waals surface area contributed by atoms with Crippen LogP contribution in [0.2, 0.25) is 0 Å². The predicted molar refractivity (Wildman–Crippen MR) is 48.4 cm³/mol. The lowest BCUT2D eigenvalue weighted by Gasteiger charge is -2.31. The molecule has 1 atom stereocenters. The van der Waals surface area contributed by atoms with Crippen molar-refractivity contribution in [3.8, 4) is 0 Å². The van der Waals surface area contributed by atoms with E-state index in [0.717, 1.165) is 19.1 Å². The maximum Gasteiger partial charge on any atom is 0.235 e. The van der Waals surface area contributed by atoms with E-state index in [0.29, 0.717) is 13.0 Å². The van der Waals surface area contributed by atoms with E-state index in [1.807, 2.05) is 0 Å². The fourth-order valence-corrected chi connectivity index (χ4v) is 2.72. The Balaban J connectivity index is 2.86. The number of hydrogen-bond donors (Lipinski definition) is 1. The SMILES string of the molecule is CS(=O)(=O)N1CCCCC1C(N)=O. The van der Waals surface area contributed by atoms with Gasteiger partial charge in [-0.3, -0.25) is 4.79 Å². The number of carbonyl (C=O) groups excluding carboxylic acids is 1. The van der Waals surface area contributed by atoms with Gasteiger partial charge in [0, 0.05) is 6.54 Å². The normalized spacial score (nSPS) is 25.8. The molecular weight excluding hydrogens is 192 g/mol. The molecule has 6 heteroatoms. The van der Waals surface area contributed by atoms with Crippen LogP contribution in [-0.4, -0.2) is 37.5 Å². The summed E-state index contributed by atoms with van der Waals surface area (Å²) in [5.74, 6) is -0.551. The third-order valence-electron chi connectivity index (χ3n) is 2.21. The molecule has 0 aromatic rings. The smallest absolute Gasteiger partial charge is 0.235 e. The molecular formula is C7H14N2O3S. The van der Waals surface area contributed by atoms with Crippen LogP contribution in [0.3, 0.4) is 0 Å². The van der Waals surface area contributed by atoms with E-state index in [4.69, 9.17) is 5.73 Å². The molecule has 0 aromatic carbocycles. The summed E-state index contributed by atoms with van der Waals surface area (Å²) in [6.45, 7) is 0.409. The lowest BCUT2D eigenvalue weighted by atomic mass is 10.0. The zero-order valence-electron chi connectivity index (χ0n) is 7.56. The number of nitrogens with two attached hydrogens (primary N) is 1. The van der Waals surface area contributed by atoms with E-state index < -0.39 is 22.0 Å². The van der Waals surface area contributed by atoms with Crippen LogP contribution in [0, 0.1) is 0 Å². The average Bonchev–Trinajstić information content (AvgIpc) is 2.03. The lowest BCUT2D eigenvalue weighted by Crippen LogP contribution is -2.49. The Labute approximate surface area is 77.9 Å². The molecule has 0 aliphatic carbocycles. The van der Waals surface area contributed by atoms with Gasteiger partial charge in [-0.1, -0.05) is 6.42 Å². The van der Waals surface area contributed by atoms with E-state index >= 15 is 0 Å². The van der Waals surface area contributed by atoms with Crippen molar-refractivity contribution in [1.82, 2.24) is 4.31 Å². The Hall–Kier alpha value is -0.620. The summed E-state index contributed by atoms with van der Waals surface area (Å²) in [7, 11) is -3.29. The highest BCUT2D eigenvalue weighted by Gasteiger charge is 2.32. The van der Waals surface area contributed by atoms with Gasteiger partial charge in [-0.25, -0.2) is 8.42 Å². The van der Waals surface area contributed by atoms with Crippen LogP contribution in [0.25, 0.3) is 0 Å². The standard InChI is InChI=1S/C7H14N2O3S/c1-13(11,12)9-5-3-2-4-6(9)7(8)10/h6H,2-5H2,1H3,(H2,8,10). The number of hydrogen-bond acceptors (Lipinski definition) is 3. The third kappa shape index (κ3) is 2.41. The Kier molecular flexibility index (Phi) is 2.92. The summed E-state index contributed by atoms with van der Waals surface area (Å²) in [5, 5.41) is 0. The Bertz CT molecular complexity index is 299. The molecule has 0 aromatic heterocycles. The van der Waals surface area contributed by atoms with Gasteiger partial charge in [0.2, 0.25) is 15.9 Å². The monoisotopic (exact) mass is 206 g/mol. The molecule has 1 amide bonds. The second-order valence-electron chi connectivity index (χ2n) is 3.29. The summed E-state index contributed by atoms with van der Waals surface area (Å²) in [4.78, 5) is 10.9. The van der Waals surface area contributed by atoms with Crippen LogP contribution >= 0.6 is 0 Å².